The zero-order valence-electron chi connectivity index (χ0n) is 17.5. The van der Waals surface area contributed by atoms with Gasteiger partial charge in [-0.25, -0.2) is 8.42 Å². The first-order valence-electron chi connectivity index (χ1n) is 9.38. The monoisotopic (exact) mass is 451 g/mol. The van der Waals surface area contributed by atoms with Gasteiger partial charge in [0.15, 0.2) is 0 Å². The fraction of sp³-hybridized carbons (Fsp3) is 0.350. The highest BCUT2D eigenvalue weighted by Crippen LogP contribution is 2.28. The molecule has 1 amide bonds. The Kier molecular flexibility index (Phi) is 8.34. The highest BCUT2D eigenvalue weighted by atomic mass is 32.2. The van der Waals surface area contributed by atoms with Crippen molar-refractivity contribution in [1.82, 2.24) is 5.32 Å². The average Bonchev–Trinajstić information content (AvgIpc) is 2.75. The molecule has 0 atom stereocenters. The van der Waals surface area contributed by atoms with Gasteiger partial charge in [-0.3, -0.25) is 19.2 Å². The summed E-state index contributed by atoms with van der Waals surface area (Å²) in [6.45, 7) is 1.79. The first-order chi connectivity index (χ1) is 14.7. The molecule has 168 valence electrons. The van der Waals surface area contributed by atoms with Crippen LogP contribution in [0.2, 0.25) is 0 Å². The second-order valence-electron chi connectivity index (χ2n) is 6.61. The van der Waals surface area contributed by atoms with Crippen LogP contribution in [0.5, 0.6) is 5.75 Å². The predicted octanol–water partition coefficient (Wildman–Crippen LogP) is 2.26. The lowest BCUT2D eigenvalue weighted by Gasteiger charge is -2.24. The number of methoxy groups -OCH3 is 2. The van der Waals surface area contributed by atoms with Crippen LogP contribution in [-0.4, -0.2) is 53.2 Å². The van der Waals surface area contributed by atoms with Gasteiger partial charge in [-0.05, 0) is 43.7 Å². The van der Waals surface area contributed by atoms with Gasteiger partial charge in [0.05, 0.1) is 22.6 Å². The maximum Gasteiger partial charge on any atom is 0.273 e. The number of nitrogens with one attached hydrogen (secondary N) is 1. The van der Waals surface area contributed by atoms with E-state index in [9.17, 15) is 23.3 Å². The number of carbonyl (C=O) groups excluding carboxylic acids is 1. The van der Waals surface area contributed by atoms with Crippen LogP contribution >= 0.6 is 0 Å². The maximum absolute atomic E-state index is 13.4. The van der Waals surface area contributed by atoms with Gasteiger partial charge in [0, 0.05) is 31.9 Å². The third kappa shape index (κ3) is 6.15. The lowest BCUT2D eigenvalue weighted by molar-refractivity contribution is -0.385. The number of hydrogen-bond donors (Lipinski definition) is 1. The van der Waals surface area contributed by atoms with E-state index in [4.69, 9.17) is 9.47 Å². The zero-order valence-corrected chi connectivity index (χ0v) is 18.3. The molecule has 0 aliphatic heterocycles. The van der Waals surface area contributed by atoms with Gasteiger partial charge in [0.1, 0.15) is 12.3 Å². The number of aryl methyl sites for hydroxylation is 1. The van der Waals surface area contributed by atoms with E-state index >= 15 is 0 Å². The number of amides is 1. The molecule has 2 rings (SSSR count). The smallest absolute Gasteiger partial charge is 0.273 e. The Morgan fingerprint density at radius 2 is 1.84 bits per heavy atom. The van der Waals surface area contributed by atoms with Crippen LogP contribution in [0.15, 0.2) is 47.4 Å². The number of nitro groups is 1. The lowest BCUT2D eigenvalue weighted by Crippen LogP contribution is -2.41. The van der Waals surface area contributed by atoms with Gasteiger partial charge in [0.25, 0.3) is 15.7 Å². The average molecular weight is 452 g/mol. The van der Waals surface area contributed by atoms with Crippen molar-refractivity contribution in [3.05, 3.63) is 58.1 Å². The molecule has 31 heavy (non-hydrogen) atoms. The molecule has 2 aromatic carbocycles. The predicted molar refractivity (Wildman–Crippen MR) is 115 cm³/mol. The van der Waals surface area contributed by atoms with Gasteiger partial charge >= 0.3 is 0 Å². The summed E-state index contributed by atoms with van der Waals surface area (Å²) in [6, 6.07) is 9.76. The summed E-state index contributed by atoms with van der Waals surface area (Å²) in [5.41, 5.74) is 0.228. The number of sulfonamides is 1. The molecule has 0 radical (unpaired) electrons. The Hall–Kier alpha value is -3.18. The molecule has 11 heteroatoms. The molecular weight excluding hydrogens is 426 g/mol. The standard InChI is InChI=1S/C20H25N3O7S/c1-15-5-10-18(13-19(15)23(25)26)31(27,28)22(14-20(24)21-11-4-12-29-2)16-6-8-17(30-3)9-7-16/h5-10,13H,4,11-12,14H2,1-3H3,(H,21,24). The van der Waals surface area contributed by atoms with Gasteiger partial charge in [-0.1, -0.05) is 6.07 Å². The highest BCUT2D eigenvalue weighted by Gasteiger charge is 2.29. The molecule has 0 spiro atoms. The Labute approximate surface area is 181 Å². The minimum absolute atomic E-state index is 0.219. The quantitative estimate of drug-likeness (QED) is 0.315. The van der Waals surface area contributed by atoms with Crippen molar-refractivity contribution >= 4 is 27.3 Å². The Bertz CT molecular complexity index is 1020. The number of ether oxygens (including phenoxy) is 2. The largest absolute Gasteiger partial charge is 0.497 e. The number of nitrogens with zero attached hydrogens (tertiary/aromatic N) is 2. The molecule has 0 unspecified atom stereocenters. The number of hydrogen-bond acceptors (Lipinski definition) is 7. The summed E-state index contributed by atoms with van der Waals surface area (Å²) < 4.78 is 37.6. The normalized spacial score (nSPS) is 11.1. The summed E-state index contributed by atoms with van der Waals surface area (Å²) in [5, 5.41) is 13.9. The third-order valence-electron chi connectivity index (χ3n) is 4.46. The molecule has 0 fully saturated rings. The van der Waals surface area contributed by atoms with Crippen LogP contribution in [0, 0.1) is 17.0 Å². The minimum atomic E-state index is -4.27. The van der Waals surface area contributed by atoms with Crippen molar-refractivity contribution in [2.75, 3.05) is 38.2 Å². The van der Waals surface area contributed by atoms with Gasteiger partial charge in [-0.15, -0.1) is 0 Å². The molecule has 10 nitrogen and oxygen atoms in total. The fourth-order valence-electron chi connectivity index (χ4n) is 2.77. The van der Waals surface area contributed by atoms with E-state index in [-0.39, 0.29) is 16.3 Å². The van der Waals surface area contributed by atoms with Crippen molar-refractivity contribution in [3.8, 4) is 5.75 Å². The van der Waals surface area contributed by atoms with Crippen LogP contribution in [0.4, 0.5) is 11.4 Å². The lowest BCUT2D eigenvalue weighted by atomic mass is 10.2. The summed E-state index contributed by atoms with van der Waals surface area (Å²) in [5.74, 6) is -0.00630. The van der Waals surface area contributed by atoms with Crippen molar-refractivity contribution in [2.45, 2.75) is 18.2 Å². The molecule has 0 aliphatic rings. The number of anilines is 1. The van der Waals surface area contributed by atoms with Crippen LogP contribution in [-0.2, 0) is 19.6 Å². The zero-order chi connectivity index (χ0) is 23.0. The highest BCUT2D eigenvalue weighted by molar-refractivity contribution is 7.92. The van der Waals surface area contributed by atoms with Crippen molar-refractivity contribution < 1.29 is 27.6 Å². The van der Waals surface area contributed by atoms with E-state index in [2.05, 4.69) is 5.32 Å². The second kappa shape index (κ2) is 10.7. The summed E-state index contributed by atoms with van der Waals surface area (Å²) in [4.78, 5) is 22.8. The summed E-state index contributed by atoms with van der Waals surface area (Å²) in [7, 11) is -1.26. The number of benzene rings is 2. The van der Waals surface area contributed by atoms with Crippen LogP contribution in [0.25, 0.3) is 0 Å². The number of nitro benzene ring substituents is 1. The second-order valence-corrected chi connectivity index (χ2v) is 8.47. The first kappa shape index (κ1) is 24.1. The van der Waals surface area contributed by atoms with E-state index < -0.39 is 27.4 Å². The molecular formula is C20H25N3O7S. The molecule has 0 bridgehead atoms. The van der Waals surface area contributed by atoms with Crippen molar-refractivity contribution in [2.24, 2.45) is 0 Å². The summed E-state index contributed by atoms with van der Waals surface area (Å²) in [6.07, 6.45) is 0.571. The van der Waals surface area contributed by atoms with Crippen LogP contribution < -0.4 is 14.4 Å². The van der Waals surface area contributed by atoms with Crippen LogP contribution in [0.3, 0.4) is 0 Å². The number of carbonyl (C=O) groups is 1. The molecule has 0 saturated heterocycles. The van der Waals surface area contributed by atoms with Crippen LogP contribution in [0.1, 0.15) is 12.0 Å². The van der Waals surface area contributed by atoms with Crippen molar-refractivity contribution in [3.63, 3.8) is 0 Å². The topological polar surface area (TPSA) is 128 Å². The number of rotatable bonds is 11. The fourth-order valence-corrected chi connectivity index (χ4v) is 4.21. The van der Waals surface area contributed by atoms with E-state index in [1.54, 1.807) is 19.2 Å². The van der Waals surface area contributed by atoms with Crippen molar-refractivity contribution in [1.29, 1.82) is 0 Å². The SMILES string of the molecule is COCCCNC(=O)CN(c1ccc(OC)cc1)S(=O)(=O)c1ccc(C)c([N+](=O)[O-])c1. The van der Waals surface area contributed by atoms with Gasteiger partial charge < -0.3 is 14.8 Å². The van der Waals surface area contributed by atoms with Gasteiger partial charge in [0.2, 0.25) is 5.91 Å². The Morgan fingerprint density at radius 1 is 1.16 bits per heavy atom. The minimum Gasteiger partial charge on any atom is -0.497 e. The van der Waals surface area contributed by atoms with Gasteiger partial charge in [-0.2, -0.15) is 0 Å². The van der Waals surface area contributed by atoms with E-state index in [0.29, 0.717) is 30.9 Å². The molecule has 0 aliphatic carbocycles. The molecule has 1 N–H and O–H groups in total. The molecule has 0 aromatic heterocycles. The Morgan fingerprint density at radius 3 is 2.42 bits per heavy atom. The maximum atomic E-state index is 13.4. The molecule has 0 heterocycles. The first-order valence-corrected chi connectivity index (χ1v) is 10.8. The molecule has 0 saturated carbocycles. The third-order valence-corrected chi connectivity index (χ3v) is 6.23. The summed E-state index contributed by atoms with van der Waals surface area (Å²) >= 11 is 0. The molecule has 2 aromatic rings. The Balaban J connectivity index is 2.41. The van der Waals surface area contributed by atoms with E-state index in [0.717, 1.165) is 10.4 Å². The van der Waals surface area contributed by atoms with E-state index in [1.807, 2.05) is 0 Å². The van der Waals surface area contributed by atoms with E-state index in [1.165, 1.54) is 38.3 Å².